The maximum atomic E-state index is 12.2. The molecular formula is C10H14F3N3O. The third-order valence-electron chi connectivity index (χ3n) is 3.08. The second-order valence-electron chi connectivity index (χ2n) is 4.27. The van der Waals surface area contributed by atoms with E-state index in [9.17, 15) is 13.2 Å². The molecule has 0 radical (unpaired) electrons. The number of aromatic nitrogens is 2. The van der Waals surface area contributed by atoms with Gasteiger partial charge in [-0.25, -0.2) is 0 Å². The van der Waals surface area contributed by atoms with E-state index < -0.39 is 18.1 Å². The molecule has 1 saturated heterocycles. The molecule has 0 spiro atoms. The quantitative estimate of drug-likeness (QED) is 0.891. The van der Waals surface area contributed by atoms with Gasteiger partial charge in [-0.2, -0.15) is 18.2 Å². The molecule has 1 fully saturated rings. The molecule has 0 saturated carbocycles. The SMILES string of the molecule is CCC1(c2nc(CC(F)(F)F)no2)CCCN1. The lowest BCUT2D eigenvalue weighted by Gasteiger charge is -2.22. The van der Waals surface area contributed by atoms with Gasteiger partial charge in [0.25, 0.3) is 0 Å². The summed E-state index contributed by atoms with van der Waals surface area (Å²) in [6.07, 6.45) is -2.94. The Morgan fingerprint density at radius 2 is 2.24 bits per heavy atom. The second kappa shape index (κ2) is 4.29. The van der Waals surface area contributed by atoms with E-state index in [1.807, 2.05) is 6.92 Å². The number of nitrogens with one attached hydrogen (secondary N) is 1. The van der Waals surface area contributed by atoms with Gasteiger partial charge in [0.05, 0.1) is 5.54 Å². The fourth-order valence-electron chi connectivity index (χ4n) is 2.14. The molecular weight excluding hydrogens is 235 g/mol. The zero-order valence-electron chi connectivity index (χ0n) is 9.47. The molecule has 1 unspecified atom stereocenters. The van der Waals surface area contributed by atoms with Crippen LogP contribution in [0.5, 0.6) is 0 Å². The predicted molar refractivity (Wildman–Crippen MR) is 53.3 cm³/mol. The fraction of sp³-hybridized carbons (Fsp3) is 0.800. The van der Waals surface area contributed by atoms with Gasteiger partial charge in [0.15, 0.2) is 5.82 Å². The highest BCUT2D eigenvalue weighted by atomic mass is 19.4. The summed E-state index contributed by atoms with van der Waals surface area (Å²) in [5, 5.41) is 6.63. The zero-order chi connectivity index (χ0) is 12.5. The Balaban J connectivity index is 2.17. The highest BCUT2D eigenvalue weighted by Crippen LogP contribution is 2.33. The van der Waals surface area contributed by atoms with Crippen molar-refractivity contribution in [2.24, 2.45) is 0 Å². The number of hydrogen-bond donors (Lipinski definition) is 1. The molecule has 0 aromatic carbocycles. The molecule has 1 atom stereocenters. The number of rotatable bonds is 3. The van der Waals surface area contributed by atoms with Crippen LogP contribution < -0.4 is 5.32 Å². The van der Waals surface area contributed by atoms with E-state index in [2.05, 4.69) is 15.5 Å². The van der Waals surface area contributed by atoms with Crippen LogP contribution in [0.15, 0.2) is 4.52 Å². The van der Waals surface area contributed by atoms with Crippen molar-refractivity contribution in [3.63, 3.8) is 0 Å². The van der Waals surface area contributed by atoms with Crippen LogP contribution in [-0.2, 0) is 12.0 Å². The van der Waals surface area contributed by atoms with Crippen LogP contribution in [0.3, 0.4) is 0 Å². The molecule has 4 nitrogen and oxygen atoms in total. The van der Waals surface area contributed by atoms with Crippen molar-refractivity contribution in [1.29, 1.82) is 0 Å². The molecule has 0 bridgehead atoms. The van der Waals surface area contributed by atoms with E-state index in [0.29, 0.717) is 0 Å². The van der Waals surface area contributed by atoms with Gasteiger partial charge in [-0.3, -0.25) is 0 Å². The maximum Gasteiger partial charge on any atom is 0.396 e. The van der Waals surface area contributed by atoms with E-state index in [0.717, 1.165) is 25.8 Å². The van der Waals surface area contributed by atoms with Crippen LogP contribution in [0.1, 0.15) is 37.9 Å². The van der Waals surface area contributed by atoms with Crippen molar-refractivity contribution in [3.05, 3.63) is 11.7 Å². The first-order valence-electron chi connectivity index (χ1n) is 5.60. The van der Waals surface area contributed by atoms with Crippen LogP contribution in [0.25, 0.3) is 0 Å². The molecule has 0 aliphatic carbocycles. The van der Waals surface area contributed by atoms with E-state index in [1.165, 1.54) is 0 Å². The van der Waals surface area contributed by atoms with Gasteiger partial charge < -0.3 is 9.84 Å². The van der Waals surface area contributed by atoms with Crippen molar-refractivity contribution >= 4 is 0 Å². The number of nitrogens with zero attached hydrogens (tertiary/aromatic N) is 2. The van der Waals surface area contributed by atoms with Crippen LogP contribution >= 0.6 is 0 Å². The molecule has 1 aromatic rings. The minimum atomic E-state index is -4.30. The Bertz CT molecular complexity index is 382. The molecule has 1 aliphatic heterocycles. The summed E-state index contributed by atoms with van der Waals surface area (Å²) in [6, 6.07) is 0. The Labute approximate surface area is 96.6 Å². The lowest BCUT2D eigenvalue weighted by Crippen LogP contribution is -2.36. The molecule has 7 heteroatoms. The standard InChI is InChI=1S/C10H14F3N3O/c1-2-9(4-3-5-14-9)8-15-7(16-17-8)6-10(11,12)13/h14H,2-6H2,1H3. The van der Waals surface area contributed by atoms with E-state index in [-0.39, 0.29) is 11.7 Å². The molecule has 1 aromatic heterocycles. The Morgan fingerprint density at radius 1 is 1.47 bits per heavy atom. The number of alkyl halides is 3. The highest BCUT2D eigenvalue weighted by Gasteiger charge is 2.40. The van der Waals surface area contributed by atoms with Crippen molar-refractivity contribution in [1.82, 2.24) is 15.5 Å². The van der Waals surface area contributed by atoms with Gasteiger partial charge in [-0.05, 0) is 25.8 Å². The summed E-state index contributed by atoms with van der Waals surface area (Å²) in [7, 11) is 0. The summed E-state index contributed by atoms with van der Waals surface area (Å²) < 4.78 is 41.5. The first kappa shape index (κ1) is 12.3. The van der Waals surface area contributed by atoms with Crippen molar-refractivity contribution in [3.8, 4) is 0 Å². The first-order chi connectivity index (χ1) is 7.95. The first-order valence-corrected chi connectivity index (χ1v) is 5.60. The molecule has 17 heavy (non-hydrogen) atoms. The molecule has 96 valence electrons. The maximum absolute atomic E-state index is 12.2. The van der Waals surface area contributed by atoms with Crippen molar-refractivity contribution in [2.75, 3.05) is 6.54 Å². The van der Waals surface area contributed by atoms with Gasteiger partial charge in [-0.15, -0.1) is 0 Å². The summed E-state index contributed by atoms with van der Waals surface area (Å²) in [6.45, 7) is 2.77. The van der Waals surface area contributed by atoms with Crippen LogP contribution in [0.2, 0.25) is 0 Å². The van der Waals surface area contributed by atoms with Gasteiger partial charge in [0.1, 0.15) is 6.42 Å². The molecule has 2 heterocycles. The minimum Gasteiger partial charge on any atom is -0.337 e. The lowest BCUT2D eigenvalue weighted by atomic mass is 9.94. The Kier molecular flexibility index (Phi) is 3.11. The Hall–Kier alpha value is -1.11. The average molecular weight is 249 g/mol. The molecule has 0 amide bonds. The van der Waals surface area contributed by atoms with Crippen molar-refractivity contribution in [2.45, 2.75) is 44.3 Å². The molecule has 2 rings (SSSR count). The van der Waals surface area contributed by atoms with Crippen LogP contribution in [0.4, 0.5) is 13.2 Å². The smallest absolute Gasteiger partial charge is 0.337 e. The minimum absolute atomic E-state index is 0.275. The third kappa shape index (κ3) is 2.59. The summed E-state index contributed by atoms with van der Waals surface area (Å²) in [5.74, 6) is -0.0224. The zero-order valence-corrected chi connectivity index (χ0v) is 9.47. The number of halogens is 3. The Morgan fingerprint density at radius 3 is 2.76 bits per heavy atom. The lowest BCUT2D eigenvalue weighted by molar-refractivity contribution is -0.128. The van der Waals surface area contributed by atoms with Crippen LogP contribution in [0, 0.1) is 0 Å². The number of hydrogen-bond acceptors (Lipinski definition) is 4. The monoisotopic (exact) mass is 249 g/mol. The normalized spacial score (nSPS) is 25.4. The molecule has 1 aliphatic rings. The predicted octanol–water partition coefficient (Wildman–Crippen LogP) is 2.16. The van der Waals surface area contributed by atoms with E-state index >= 15 is 0 Å². The summed E-state index contributed by atoms with van der Waals surface area (Å²) in [4.78, 5) is 3.86. The van der Waals surface area contributed by atoms with Gasteiger partial charge >= 0.3 is 6.18 Å². The fourth-order valence-corrected chi connectivity index (χ4v) is 2.14. The molecule has 1 N–H and O–H groups in total. The average Bonchev–Trinajstić information content (AvgIpc) is 2.83. The van der Waals surface area contributed by atoms with Gasteiger partial charge in [0, 0.05) is 0 Å². The van der Waals surface area contributed by atoms with Crippen LogP contribution in [-0.4, -0.2) is 22.9 Å². The van der Waals surface area contributed by atoms with Gasteiger partial charge in [-0.1, -0.05) is 12.1 Å². The van der Waals surface area contributed by atoms with Crippen molar-refractivity contribution < 1.29 is 17.7 Å². The van der Waals surface area contributed by atoms with E-state index in [4.69, 9.17) is 4.52 Å². The largest absolute Gasteiger partial charge is 0.396 e. The van der Waals surface area contributed by atoms with Gasteiger partial charge in [0.2, 0.25) is 5.89 Å². The highest BCUT2D eigenvalue weighted by molar-refractivity contribution is 5.06. The third-order valence-corrected chi connectivity index (χ3v) is 3.08. The second-order valence-corrected chi connectivity index (χ2v) is 4.27. The van der Waals surface area contributed by atoms with E-state index in [1.54, 1.807) is 0 Å². The summed E-state index contributed by atoms with van der Waals surface area (Å²) >= 11 is 0. The topological polar surface area (TPSA) is 51.0 Å². The summed E-state index contributed by atoms with van der Waals surface area (Å²) in [5.41, 5.74) is -0.434.